The molecule has 0 aromatic heterocycles. The molecule has 1 aliphatic rings. The number of rotatable bonds is 2. The summed E-state index contributed by atoms with van der Waals surface area (Å²) >= 11 is 0. The molecule has 0 spiro atoms. The molecule has 16 heavy (non-hydrogen) atoms. The first-order valence-corrected chi connectivity index (χ1v) is 4.04. The van der Waals surface area contributed by atoms with Crippen LogP contribution in [0.4, 0.5) is 0 Å². The van der Waals surface area contributed by atoms with E-state index in [0.717, 1.165) is 14.2 Å². The van der Waals surface area contributed by atoms with Crippen molar-refractivity contribution in [3.63, 3.8) is 0 Å². The summed E-state index contributed by atoms with van der Waals surface area (Å²) < 4.78 is 8.74. The molecule has 0 atom stereocenters. The quantitative estimate of drug-likeness (QED) is 0.403. The fourth-order valence-electron chi connectivity index (χ4n) is 1.21. The number of esters is 2. The van der Waals surface area contributed by atoms with Crippen LogP contribution in [0.3, 0.4) is 0 Å². The van der Waals surface area contributed by atoms with Crippen LogP contribution >= 0.6 is 0 Å². The van der Waals surface area contributed by atoms with Gasteiger partial charge in [-0.05, 0) is 0 Å². The van der Waals surface area contributed by atoms with Crippen LogP contribution in [0.2, 0.25) is 0 Å². The Labute approximate surface area is 114 Å². The van der Waals surface area contributed by atoms with Crippen LogP contribution in [-0.2, 0) is 19.1 Å². The summed E-state index contributed by atoms with van der Waals surface area (Å²) in [5.74, 6) is -2.86. The fourth-order valence-corrected chi connectivity index (χ4v) is 1.21. The molecule has 0 saturated heterocycles. The van der Waals surface area contributed by atoms with Crippen molar-refractivity contribution in [2.75, 3.05) is 14.2 Å². The van der Waals surface area contributed by atoms with Gasteiger partial charge in [-0.3, -0.25) is 0 Å². The maximum atomic E-state index is 11.1. The zero-order valence-corrected chi connectivity index (χ0v) is 11.2. The molecule has 1 rings (SSSR count). The van der Waals surface area contributed by atoms with Gasteiger partial charge in [0, 0.05) is 6.42 Å². The average Bonchev–Trinajstić information content (AvgIpc) is 2.54. The first kappa shape index (κ1) is 15.0. The Morgan fingerprint density at radius 1 is 1.00 bits per heavy atom. The molecule has 0 amide bonds. The predicted octanol–water partition coefficient (Wildman–Crippen LogP) is -2.64. The topological polar surface area (TPSA) is 93.1 Å². The van der Waals surface area contributed by atoms with Crippen LogP contribution in [0.15, 0.2) is 22.7 Å². The van der Waals surface area contributed by atoms with Gasteiger partial charge in [0.15, 0.2) is 11.5 Å². The molecule has 1 aliphatic carbocycles. The molecule has 0 heterocycles. The zero-order valence-electron chi connectivity index (χ0n) is 9.23. The van der Waals surface area contributed by atoms with E-state index in [9.17, 15) is 19.8 Å². The molecule has 0 bridgehead atoms. The molecule has 82 valence electrons. The number of carbonyl (C=O) groups is 2. The summed E-state index contributed by atoms with van der Waals surface area (Å²) in [5, 5.41) is 18.7. The van der Waals surface area contributed by atoms with Gasteiger partial charge in [0.05, 0.1) is 25.4 Å². The molecule has 0 unspecified atom stereocenters. The first-order valence-electron chi connectivity index (χ1n) is 4.04. The van der Waals surface area contributed by atoms with Crippen LogP contribution in [0.5, 0.6) is 0 Å². The number of carbonyl (C=O) groups excluding carboxylic acids is 2. The summed E-state index contributed by atoms with van der Waals surface area (Å²) in [6, 6.07) is 0. The first-order chi connectivity index (χ1) is 7.02. The van der Waals surface area contributed by atoms with E-state index in [4.69, 9.17) is 0 Å². The van der Waals surface area contributed by atoms with Crippen molar-refractivity contribution in [3.8, 4) is 0 Å². The number of aliphatic hydroxyl groups is 2. The Morgan fingerprint density at radius 3 is 1.56 bits per heavy atom. The number of ether oxygens (including phenoxy) is 2. The van der Waals surface area contributed by atoms with Crippen molar-refractivity contribution < 1.29 is 58.8 Å². The van der Waals surface area contributed by atoms with Crippen LogP contribution in [0, 0.1) is 0 Å². The van der Waals surface area contributed by atoms with Crippen molar-refractivity contribution in [1.29, 1.82) is 0 Å². The van der Waals surface area contributed by atoms with E-state index in [1.54, 1.807) is 0 Å². The molecule has 2 N–H and O–H groups in total. The monoisotopic (exact) mass is 237 g/mol. The van der Waals surface area contributed by atoms with Crippen molar-refractivity contribution in [1.82, 2.24) is 0 Å². The minimum absolute atomic E-state index is 0. The van der Waals surface area contributed by atoms with Gasteiger partial charge in [0.1, 0.15) is 0 Å². The van der Waals surface area contributed by atoms with E-state index >= 15 is 0 Å². The largest absolute Gasteiger partial charge is 1.00 e. The van der Waals surface area contributed by atoms with Gasteiger partial charge in [-0.2, -0.15) is 0 Å². The van der Waals surface area contributed by atoms with Gasteiger partial charge in [-0.15, -0.1) is 0 Å². The standard InChI is InChI=1S/C9H10O6.Na/c1-14-8(12)4-3-5(9(13)15-2)7(11)6(4)10;/h10-11H,3H2,1-2H3;/q;+1. The van der Waals surface area contributed by atoms with E-state index in [0.29, 0.717) is 0 Å². The third kappa shape index (κ3) is 2.58. The third-order valence-electron chi connectivity index (χ3n) is 2.01. The van der Waals surface area contributed by atoms with Gasteiger partial charge in [0.25, 0.3) is 0 Å². The number of methoxy groups -OCH3 is 2. The molecular formula is C9H10NaO6+. The van der Waals surface area contributed by atoms with Gasteiger partial charge in [0.2, 0.25) is 0 Å². The summed E-state index contributed by atoms with van der Waals surface area (Å²) in [6.07, 6.45) is -0.197. The molecule has 6 nitrogen and oxygen atoms in total. The average molecular weight is 237 g/mol. The van der Waals surface area contributed by atoms with Crippen LogP contribution in [0.25, 0.3) is 0 Å². The van der Waals surface area contributed by atoms with Gasteiger partial charge >= 0.3 is 41.5 Å². The van der Waals surface area contributed by atoms with E-state index in [-0.39, 0.29) is 47.1 Å². The second-order valence-electron chi connectivity index (χ2n) is 2.81. The molecule has 0 fully saturated rings. The van der Waals surface area contributed by atoms with E-state index < -0.39 is 23.5 Å². The smallest absolute Gasteiger partial charge is 0.504 e. The second-order valence-corrected chi connectivity index (χ2v) is 2.81. The molecule has 7 heteroatoms. The maximum Gasteiger partial charge on any atom is 1.00 e. The van der Waals surface area contributed by atoms with Crippen molar-refractivity contribution >= 4 is 11.9 Å². The second kappa shape index (κ2) is 5.93. The molecule has 0 saturated carbocycles. The molecule has 0 aromatic rings. The molecule has 0 radical (unpaired) electrons. The minimum Gasteiger partial charge on any atom is -0.504 e. The van der Waals surface area contributed by atoms with Gasteiger partial charge in [-0.25, -0.2) is 9.59 Å². The van der Waals surface area contributed by atoms with Crippen molar-refractivity contribution in [2.24, 2.45) is 0 Å². The van der Waals surface area contributed by atoms with Crippen molar-refractivity contribution in [2.45, 2.75) is 6.42 Å². The Balaban J connectivity index is 0.00000225. The van der Waals surface area contributed by atoms with E-state index in [1.807, 2.05) is 0 Å². The molecule has 0 aromatic carbocycles. The summed E-state index contributed by atoms with van der Waals surface area (Å²) in [6.45, 7) is 0. The number of hydrogen-bond acceptors (Lipinski definition) is 6. The molecular weight excluding hydrogens is 227 g/mol. The number of hydrogen-bond donors (Lipinski definition) is 2. The molecule has 0 aliphatic heterocycles. The summed E-state index contributed by atoms with van der Waals surface area (Å²) in [7, 11) is 2.27. The van der Waals surface area contributed by atoms with Gasteiger partial charge < -0.3 is 19.7 Å². The zero-order chi connectivity index (χ0) is 11.6. The minimum atomic E-state index is -0.794. The van der Waals surface area contributed by atoms with Crippen LogP contribution in [0.1, 0.15) is 6.42 Å². The van der Waals surface area contributed by atoms with Crippen molar-refractivity contribution in [3.05, 3.63) is 22.7 Å². The number of aliphatic hydroxyl groups excluding tert-OH is 2. The SMILES string of the molecule is COC(=O)C1=C(O)C(O)=C(C(=O)OC)C1.[Na+]. The Hall–Kier alpha value is -0.980. The normalized spacial score (nSPS) is 14.6. The van der Waals surface area contributed by atoms with Gasteiger partial charge in [-0.1, -0.05) is 0 Å². The van der Waals surface area contributed by atoms with Crippen LogP contribution < -0.4 is 29.6 Å². The third-order valence-corrected chi connectivity index (χ3v) is 2.01. The van der Waals surface area contributed by atoms with E-state index in [2.05, 4.69) is 9.47 Å². The maximum absolute atomic E-state index is 11.1. The Bertz CT molecular complexity index is 345. The Kier molecular flexibility index (Phi) is 5.57. The van der Waals surface area contributed by atoms with E-state index in [1.165, 1.54) is 0 Å². The Morgan fingerprint density at radius 2 is 1.31 bits per heavy atom. The predicted molar refractivity (Wildman–Crippen MR) is 48.0 cm³/mol. The summed E-state index contributed by atoms with van der Waals surface area (Å²) in [4.78, 5) is 22.2. The summed E-state index contributed by atoms with van der Waals surface area (Å²) in [5.41, 5.74) is -0.314. The van der Waals surface area contributed by atoms with Crippen LogP contribution in [-0.4, -0.2) is 36.4 Å². The fraction of sp³-hybridized carbons (Fsp3) is 0.333.